The number of nitrogens with one attached hydrogen (secondary N) is 2. The van der Waals surface area contributed by atoms with Crippen LogP contribution in [0, 0.1) is 0 Å². The first-order chi connectivity index (χ1) is 6.99. The molecule has 0 aromatic rings. The van der Waals surface area contributed by atoms with Gasteiger partial charge in [0, 0.05) is 13.6 Å². The van der Waals surface area contributed by atoms with E-state index in [0.717, 1.165) is 12.1 Å². The van der Waals surface area contributed by atoms with Crippen molar-refractivity contribution in [1.82, 2.24) is 15.5 Å². The lowest BCUT2D eigenvalue weighted by Crippen LogP contribution is -2.43. The second kappa shape index (κ2) is 7.00. The van der Waals surface area contributed by atoms with E-state index in [9.17, 15) is 9.59 Å². The second-order valence-electron chi connectivity index (χ2n) is 3.39. The van der Waals surface area contributed by atoms with Crippen molar-refractivity contribution in [2.75, 3.05) is 26.7 Å². The summed E-state index contributed by atoms with van der Waals surface area (Å²) in [4.78, 5) is 24.1. The highest BCUT2D eigenvalue weighted by Gasteiger charge is 2.10. The molecular formula is C10H19N3O2. The van der Waals surface area contributed by atoms with Gasteiger partial charge in [-0.25, -0.2) is 4.79 Å². The molecule has 3 amide bonds. The molecule has 0 unspecified atom stereocenters. The highest BCUT2D eigenvalue weighted by atomic mass is 16.2. The molecule has 86 valence electrons. The zero-order valence-electron chi connectivity index (χ0n) is 9.59. The quantitative estimate of drug-likeness (QED) is 0.647. The summed E-state index contributed by atoms with van der Waals surface area (Å²) in [6.07, 6.45) is 0. The number of urea groups is 1. The lowest BCUT2D eigenvalue weighted by molar-refractivity contribution is -0.121. The maximum absolute atomic E-state index is 11.3. The number of amides is 3. The summed E-state index contributed by atoms with van der Waals surface area (Å²) in [5, 5.41) is 4.53. The third kappa shape index (κ3) is 6.68. The van der Waals surface area contributed by atoms with Crippen molar-refractivity contribution < 1.29 is 9.59 Å². The largest absolute Gasteiger partial charge is 0.341 e. The van der Waals surface area contributed by atoms with Crippen molar-refractivity contribution in [3.8, 4) is 0 Å². The van der Waals surface area contributed by atoms with E-state index in [-0.39, 0.29) is 12.5 Å². The van der Waals surface area contributed by atoms with Gasteiger partial charge in [-0.15, -0.1) is 0 Å². The maximum atomic E-state index is 11.3. The normalized spacial score (nSPS) is 9.87. The van der Waals surface area contributed by atoms with Crippen LogP contribution in [0.4, 0.5) is 4.79 Å². The first-order valence-electron chi connectivity index (χ1n) is 4.87. The van der Waals surface area contributed by atoms with Crippen LogP contribution < -0.4 is 10.6 Å². The Balaban J connectivity index is 4.01. The Labute approximate surface area is 90.5 Å². The van der Waals surface area contributed by atoms with E-state index in [0.29, 0.717) is 6.54 Å². The molecule has 0 fully saturated rings. The van der Waals surface area contributed by atoms with E-state index >= 15 is 0 Å². The monoisotopic (exact) mass is 213 g/mol. The van der Waals surface area contributed by atoms with Gasteiger partial charge in [-0.05, 0) is 13.5 Å². The number of likely N-dealkylation sites (N-methyl/N-ethyl adjacent to an activating group) is 1. The number of nitrogens with zero attached hydrogens (tertiary/aromatic N) is 1. The standard InChI is InChI=1S/C10H19N3O2/c1-5-13(6-8(2)3)7-9(14)12-10(15)11-4/h2,5-7H2,1,3-4H3,(H2,11,12,14,15). The second-order valence-corrected chi connectivity index (χ2v) is 3.39. The number of carbonyl (C=O) groups is 2. The molecule has 5 nitrogen and oxygen atoms in total. The van der Waals surface area contributed by atoms with Crippen LogP contribution in [0.3, 0.4) is 0 Å². The Hall–Kier alpha value is -1.36. The molecule has 0 bridgehead atoms. The van der Waals surface area contributed by atoms with Crippen molar-refractivity contribution in [2.45, 2.75) is 13.8 Å². The van der Waals surface area contributed by atoms with Gasteiger partial charge in [-0.2, -0.15) is 0 Å². The van der Waals surface area contributed by atoms with Crippen LogP contribution in [-0.4, -0.2) is 43.5 Å². The molecule has 15 heavy (non-hydrogen) atoms. The molecule has 0 aromatic heterocycles. The smallest absolute Gasteiger partial charge is 0.321 e. The number of rotatable bonds is 5. The van der Waals surface area contributed by atoms with E-state index in [1.807, 2.05) is 18.7 Å². The first kappa shape index (κ1) is 13.6. The summed E-state index contributed by atoms with van der Waals surface area (Å²) in [6.45, 7) is 9.24. The average molecular weight is 213 g/mol. The average Bonchev–Trinajstić information content (AvgIpc) is 2.15. The molecule has 0 radical (unpaired) electrons. The predicted octanol–water partition coefficient (Wildman–Crippen LogP) is 0.340. The molecule has 0 spiro atoms. The van der Waals surface area contributed by atoms with Gasteiger partial charge in [0.25, 0.3) is 0 Å². The van der Waals surface area contributed by atoms with Gasteiger partial charge < -0.3 is 5.32 Å². The van der Waals surface area contributed by atoms with Gasteiger partial charge in [-0.3, -0.25) is 15.0 Å². The fourth-order valence-electron chi connectivity index (χ4n) is 1.09. The van der Waals surface area contributed by atoms with Crippen molar-refractivity contribution in [2.24, 2.45) is 0 Å². The minimum Gasteiger partial charge on any atom is -0.341 e. The first-order valence-corrected chi connectivity index (χ1v) is 4.87. The lowest BCUT2D eigenvalue weighted by Gasteiger charge is -2.19. The molecule has 0 aliphatic rings. The van der Waals surface area contributed by atoms with Crippen LogP contribution in [0.15, 0.2) is 12.2 Å². The molecule has 5 heteroatoms. The van der Waals surface area contributed by atoms with Crippen LogP contribution in [0.5, 0.6) is 0 Å². The summed E-state index contributed by atoms with van der Waals surface area (Å²) in [7, 11) is 1.47. The number of carbonyl (C=O) groups excluding carboxylic acids is 2. The minimum atomic E-state index is -0.480. The Morgan fingerprint density at radius 1 is 1.33 bits per heavy atom. The third-order valence-corrected chi connectivity index (χ3v) is 1.79. The molecule has 0 aliphatic carbocycles. The van der Waals surface area contributed by atoms with E-state index < -0.39 is 6.03 Å². The molecule has 0 saturated heterocycles. The fraction of sp³-hybridized carbons (Fsp3) is 0.600. The molecule has 0 atom stereocenters. The Morgan fingerprint density at radius 3 is 2.33 bits per heavy atom. The van der Waals surface area contributed by atoms with Crippen LogP contribution in [0.25, 0.3) is 0 Å². The molecule has 0 aliphatic heterocycles. The summed E-state index contributed by atoms with van der Waals surface area (Å²) in [5.41, 5.74) is 0.990. The highest BCUT2D eigenvalue weighted by molar-refractivity contribution is 5.95. The summed E-state index contributed by atoms with van der Waals surface area (Å²) < 4.78 is 0. The van der Waals surface area contributed by atoms with Crippen LogP contribution in [-0.2, 0) is 4.79 Å². The van der Waals surface area contributed by atoms with Crippen LogP contribution in [0.1, 0.15) is 13.8 Å². The zero-order valence-corrected chi connectivity index (χ0v) is 9.59. The SMILES string of the molecule is C=C(C)CN(CC)CC(=O)NC(=O)NC. The predicted molar refractivity (Wildman–Crippen MR) is 59.5 cm³/mol. The molecule has 0 rings (SSSR count). The summed E-state index contributed by atoms with van der Waals surface area (Å²) in [6, 6.07) is -0.480. The summed E-state index contributed by atoms with van der Waals surface area (Å²) >= 11 is 0. The van der Waals surface area contributed by atoms with Crippen molar-refractivity contribution in [3.63, 3.8) is 0 Å². The van der Waals surface area contributed by atoms with E-state index in [2.05, 4.69) is 17.2 Å². The van der Waals surface area contributed by atoms with Crippen molar-refractivity contribution in [3.05, 3.63) is 12.2 Å². The number of imide groups is 1. The lowest BCUT2D eigenvalue weighted by atomic mass is 10.3. The topological polar surface area (TPSA) is 61.4 Å². The molecule has 0 aromatic carbocycles. The zero-order chi connectivity index (χ0) is 11.8. The van der Waals surface area contributed by atoms with Crippen molar-refractivity contribution in [1.29, 1.82) is 0 Å². The van der Waals surface area contributed by atoms with Crippen LogP contribution in [0.2, 0.25) is 0 Å². The van der Waals surface area contributed by atoms with E-state index in [1.54, 1.807) is 0 Å². The van der Waals surface area contributed by atoms with Gasteiger partial charge in [0.1, 0.15) is 0 Å². The third-order valence-electron chi connectivity index (χ3n) is 1.79. The van der Waals surface area contributed by atoms with Crippen LogP contribution >= 0.6 is 0 Å². The number of hydrogen-bond acceptors (Lipinski definition) is 3. The fourth-order valence-corrected chi connectivity index (χ4v) is 1.09. The number of hydrogen-bond donors (Lipinski definition) is 2. The highest BCUT2D eigenvalue weighted by Crippen LogP contribution is 1.94. The Kier molecular flexibility index (Phi) is 6.37. The van der Waals surface area contributed by atoms with Gasteiger partial charge in [0.2, 0.25) is 5.91 Å². The molecule has 2 N–H and O–H groups in total. The van der Waals surface area contributed by atoms with E-state index in [4.69, 9.17) is 0 Å². The van der Waals surface area contributed by atoms with Gasteiger partial charge in [0.15, 0.2) is 0 Å². The summed E-state index contributed by atoms with van der Waals surface area (Å²) in [5.74, 6) is -0.308. The van der Waals surface area contributed by atoms with E-state index in [1.165, 1.54) is 7.05 Å². The molecule has 0 heterocycles. The maximum Gasteiger partial charge on any atom is 0.321 e. The van der Waals surface area contributed by atoms with Gasteiger partial charge in [-0.1, -0.05) is 19.1 Å². The Bertz CT molecular complexity index is 251. The molecule has 0 saturated carbocycles. The van der Waals surface area contributed by atoms with Gasteiger partial charge >= 0.3 is 6.03 Å². The molecular weight excluding hydrogens is 194 g/mol. The van der Waals surface area contributed by atoms with Gasteiger partial charge in [0.05, 0.1) is 6.54 Å². The Morgan fingerprint density at radius 2 is 1.93 bits per heavy atom. The minimum absolute atomic E-state index is 0.205. The van der Waals surface area contributed by atoms with Crippen molar-refractivity contribution >= 4 is 11.9 Å².